The van der Waals surface area contributed by atoms with Crippen LogP contribution in [0.1, 0.15) is 30.5 Å². The molecule has 1 nitrogen and oxygen atoms in total. The number of aryl methyl sites for hydroxylation is 1. The Hall–Kier alpha value is -1.44. The van der Waals surface area contributed by atoms with Gasteiger partial charge in [-0.3, -0.25) is 4.99 Å². The van der Waals surface area contributed by atoms with Crippen molar-refractivity contribution in [2.45, 2.75) is 27.2 Å². The Bertz CT molecular complexity index is 431. The molecular formula is C14H18FN. The number of hydrogen-bond donors (Lipinski definition) is 0. The van der Waals surface area contributed by atoms with Crippen molar-refractivity contribution in [1.82, 2.24) is 0 Å². The third-order valence-electron chi connectivity index (χ3n) is 2.76. The predicted molar refractivity (Wildman–Crippen MR) is 68.6 cm³/mol. The summed E-state index contributed by atoms with van der Waals surface area (Å²) in [5.74, 6) is -0.129. The summed E-state index contributed by atoms with van der Waals surface area (Å²) in [6.07, 6.45) is 4.47. The van der Waals surface area contributed by atoms with Crippen molar-refractivity contribution in [2.75, 3.05) is 7.05 Å². The van der Waals surface area contributed by atoms with E-state index in [1.165, 1.54) is 0 Å². The van der Waals surface area contributed by atoms with Crippen LogP contribution in [0.2, 0.25) is 0 Å². The van der Waals surface area contributed by atoms with Crippen molar-refractivity contribution in [3.8, 4) is 0 Å². The molecule has 0 saturated heterocycles. The first-order valence-corrected chi connectivity index (χ1v) is 5.48. The van der Waals surface area contributed by atoms with Gasteiger partial charge in [-0.1, -0.05) is 13.0 Å². The van der Waals surface area contributed by atoms with Crippen LogP contribution in [0.4, 0.5) is 4.39 Å². The third-order valence-corrected chi connectivity index (χ3v) is 2.76. The molecule has 0 unspecified atom stereocenters. The van der Waals surface area contributed by atoms with E-state index in [0.717, 1.165) is 28.7 Å². The van der Waals surface area contributed by atoms with Gasteiger partial charge in [0.15, 0.2) is 0 Å². The lowest BCUT2D eigenvalue weighted by Gasteiger charge is -2.08. The minimum Gasteiger partial charge on any atom is -0.297 e. The van der Waals surface area contributed by atoms with Gasteiger partial charge in [0.05, 0.1) is 0 Å². The second-order valence-corrected chi connectivity index (χ2v) is 3.85. The molecule has 0 saturated carbocycles. The number of allylic oxidation sites excluding steroid dienone is 2. The lowest BCUT2D eigenvalue weighted by molar-refractivity contribution is 0.615. The van der Waals surface area contributed by atoms with Crippen LogP contribution in [0.3, 0.4) is 0 Å². The molecule has 16 heavy (non-hydrogen) atoms. The Kier molecular flexibility index (Phi) is 4.41. The Labute approximate surface area is 96.7 Å². The number of rotatable bonds is 3. The first-order chi connectivity index (χ1) is 7.60. The highest BCUT2D eigenvalue weighted by molar-refractivity contribution is 5.83. The molecular weight excluding hydrogens is 201 g/mol. The fourth-order valence-corrected chi connectivity index (χ4v) is 1.61. The summed E-state index contributed by atoms with van der Waals surface area (Å²) in [7, 11) is 1.72. The van der Waals surface area contributed by atoms with Crippen molar-refractivity contribution in [3.05, 3.63) is 40.7 Å². The van der Waals surface area contributed by atoms with Gasteiger partial charge in [-0.25, -0.2) is 4.39 Å². The van der Waals surface area contributed by atoms with Gasteiger partial charge >= 0.3 is 0 Å². The Morgan fingerprint density at radius 1 is 1.44 bits per heavy atom. The van der Waals surface area contributed by atoms with Crippen molar-refractivity contribution in [3.63, 3.8) is 0 Å². The minimum atomic E-state index is -0.129. The first-order valence-electron chi connectivity index (χ1n) is 5.48. The normalized spacial score (nSPS) is 12.4. The standard InChI is InChI=1S/C14H18FN/c1-5-12-8-13(9-14(15)11(12)3)10(2)6-7-16-4/h6-9H,5H2,1-4H3/b10-6+,16-7?. The van der Waals surface area contributed by atoms with Crippen LogP contribution in [-0.4, -0.2) is 13.3 Å². The highest BCUT2D eigenvalue weighted by Crippen LogP contribution is 2.21. The zero-order chi connectivity index (χ0) is 12.1. The largest absolute Gasteiger partial charge is 0.297 e. The summed E-state index contributed by atoms with van der Waals surface area (Å²) in [5, 5.41) is 0. The predicted octanol–water partition coefficient (Wildman–Crippen LogP) is 3.80. The van der Waals surface area contributed by atoms with Crippen LogP contribution in [0.5, 0.6) is 0 Å². The van der Waals surface area contributed by atoms with E-state index in [0.29, 0.717) is 0 Å². The van der Waals surface area contributed by atoms with E-state index in [9.17, 15) is 4.39 Å². The molecule has 0 spiro atoms. The summed E-state index contributed by atoms with van der Waals surface area (Å²) in [6, 6.07) is 3.64. The van der Waals surface area contributed by atoms with Crippen LogP contribution in [0.25, 0.3) is 5.57 Å². The van der Waals surface area contributed by atoms with Gasteiger partial charge in [0, 0.05) is 13.3 Å². The van der Waals surface area contributed by atoms with Gasteiger partial charge in [0.25, 0.3) is 0 Å². The maximum atomic E-state index is 13.6. The molecule has 2 heteroatoms. The maximum Gasteiger partial charge on any atom is 0.126 e. The first kappa shape index (κ1) is 12.6. The Balaban J connectivity index is 3.21. The van der Waals surface area contributed by atoms with Crippen LogP contribution < -0.4 is 0 Å². The molecule has 1 rings (SSSR count). The molecule has 0 atom stereocenters. The highest BCUT2D eigenvalue weighted by Gasteiger charge is 2.06. The molecule has 0 N–H and O–H groups in total. The molecule has 0 heterocycles. The van der Waals surface area contributed by atoms with Crippen molar-refractivity contribution < 1.29 is 4.39 Å². The maximum absolute atomic E-state index is 13.6. The quantitative estimate of drug-likeness (QED) is 0.686. The van der Waals surface area contributed by atoms with E-state index in [2.05, 4.69) is 4.99 Å². The van der Waals surface area contributed by atoms with Gasteiger partial charge in [0.1, 0.15) is 5.82 Å². The van der Waals surface area contributed by atoms with Crippen LogP contribution in [0, 0.1) is 12.7 Å². The Morgan fingerprint density at radius 2 is 2.12 bits per heavy atom. The van der Waals surface area contributed by atoms with Gasteiger partial charge in [-0.15, -0.1) is 0 Å². The molecule has 0 aromatic heterocycles. The second-order valence-electron chi connectivity index (χ2n) is 3.85. The van der Waals surface area contributed by atoms with Crippen molar-refractivity contribution in [1.29, 1.82) is 0 Å². The Morgan fingerprint density at radius 3 is 2.69 bits per heavy atom. The average Bonchev–Trinajstić information content (AvgIpc) is 2.29. The number of halogens is 1. The van der Waals surface area contributed by atoms with E-state index in [-0.39, 0.29) is 5.82 Å². The molecule has 0 bridgehead atoms. The molecule has 1 aromatic rings. The van der Waals surface area contributed by atoms with E-state index < -0.39 is 0 Å². The number of aliphatic imine (C=N–C) groups is 1. The summed E-state index contributed by atoms with van der Waals surface area (Å²) in [4.78, 5) is 3.89. The lowest BCUT2D eigenvalue weighted by Crippen LogP contribution is -1.94. The van der Waals surface area contributed by atoms with Gasteiger partial charge < -0.3 is 0 Å². The fourth-order valence-electron chi connectivity index (χ4n) is 1.61. The highest BCUT2D eigenvalue weighted by atomic mass is 19.1. The van der Waals surface area contributed by atoms with E-state index in [1.807, 2.05) is 32.9 Å². The fraction of sp³-hybridized carbons (Fsp3) is 0.357. The second kappa shape index (κ2) is 5.59. The topological polar surface area (TPSA) is 12.4 Å². The SMILES string of the molecule is CCc1cc(/C(C)=C/C=NC)cc(F)c1C. The van der Waals surface area contributed by atoms with Gasteiger partial charge in [-0.05, 0) is 54.7 Å². The molecule has 0 aliphatic rings. The van der Waals surface area contributed by atoms with E-state index in [4.69, 9.17) is 0 Å². The van der Waals surface area contributed by atoms with Crippen molar-refractivity contribution >= 4 is 11.8 Å². The summed E-state index contributed by atoms with van der Waals surface area (Å²) < 4.78 is 13.6. The van der Waals surface area contributed by atoms with Gasteiger partial charge in [-0.2, -0.15) is 0 Å². The number of benzene rings is 1. The summed E-state index contributed by atoms with van der Waals surface area (Å²) in [6.45, 7) is 5.83. The smallest absolute Gasteiger partial charge is 0.126 e. The van der Waals surface area contributed by atoms with E-state index >= 15 is 0 Å². The minimum absolute atomic E-state index is 0.129. The molecule has 0 aliphatic heterocycles. The molecule has 0 radical (unpaired) electrons. The van der Waals surface area contributed by atoms with Crippen LogP contribution in [-0.2, 0) is 6.42 Å². The van der Waals surface area contributed by atoms with Crippen LogP contribution in [0.15, 0.2) is 23.2 Å². The summed E-state index contributed by atoms with van der Waals surface area (Å²) >= 11 is 0. The molecule has 0 fully saturated rings. The van der Waals surface area contributed by atoms with Gasteiger partial charge in [0.2, 0.25) is 0 Å². The number of hydrogen-bond acceptors (Lipinski definition) is 1. The molecule has 0 aliphatic carbocycles. The van der Waals surface area contributed by atoms with Crippen molar-refractivity contribution in [2.24, 2.45) is 4.99 Å². The molecule has 0 amide bonds. The van der Waals surface area contributed by atoms with Crippen LogP contribution >= 0.6 is 0 Å². The zero-order valence-electron chi connectivity index (χ0n) is 10.3. The third kappa shape index (κ3) is 2.78. The monoisotopic (exact) mass is 219 g/mol. The molecule has 1 aromatic carbocycles. The molecule has 86 valence electrons. The van der Waals surface area contributed by atoms with E-state index in [1.54, 1.807) is 19.3 Å². The average molecular weight is 219 g/mol. The zero-order valence-corrected chi connectivity index (χ0v) is 10.3. The lowest BCUT2D eigenvalue weighted by atomic mass is 9.98. The number of nitrogens with zero attached hydrogens (tertiary/aromatic N) is 1. The summed E-state index contributed by atoms with van der Waals surface area (Å²) in [5.41, 5.74) is 3.78.